The van der Waals surface area contributed by atoms with Crippen molar-refractivity contribution in [2.45, 2.75) is 103 Å². The van der Waals surface area contributed by atoms with E-state index in [4.69, 9.17) is 19.9 Å². The lowest BCUT2D eigenvalue weighted by molar-refractivity contribution is -0.163. The summed E-state index contributed by atoms with van der Waals surface area (Å²) in [5.74, 6) is 0.726. The molecule has 0 saturated carbocycles. The van der Waals surface area contributed by atoms with E-state index in [-0.39, 0.29) is 24.5 Å². The molecule has 10 heteroatoms. The summed E-state index contributed by atoms with van der Waals surface area (Å²) in [5, 5.41) is 4.22. The number of amides is 2. The standard InChI is InChI=1S/C41H53N5O5/c1-41(2,3)51-40(48)44-34(24-29-14-16-30(17-15-29)32-18-19-37(42)43-27-32)26-38(47)45-20-8-11-33(28-45)36-25-31-10-4-5-12-35(31)46(36)21-9-23-50-39-13-6-7-22-49-39/h4-5,10,12,14-19,25,27,33-34,39H,6-9,11,13,20-24,26,28H2,1-3H3,(H2,42,43)(H,44,48)/t33?,34-,39?/m1/s1. The van der Waals surface area contributed by atoms with Gasteiger partial charge in [0, 0.05) is 67.6 Å². The molecule has 3 atom stereocenters. The fourth-order valence-corrected chi connectivity index (χ4v) is 7.23. The molecule has 51 heavy (non-hydrogen) atoms. The number of pyridine rings is 1. The molecule has 272 valence electrons. The number of aryl methyl sites for hydroxylation is 1. The summed E-state index contributed by atoms with van der Waals surface area (Å²) >= 11 is 0. The zero-order valence-corrected chi connectivity index (χ0v) is 30.3. The molecular weight excluding hydrogens is 642 g/mol. The van der Waals surface area contributed by atoms with Crippen LogP contribution in [0.1, 0.15) is 82.9 Å². The van der Waals surface area contributed by atoms with Crippen molar-refractivity contribution in [1.82, 2.24) is 19.8 Å². The maximum atomic E-state index is 14.0. The third-order valence-electron chi connectivity index (χ3n) is 9.70. The summed E-state index contributed by atoms with van der Waals surface area (Å²) in [4.78, 5) is 33.1. The summed E-state index contributed by atoms with van der Waals surface area (Å²) in [6.07, 6.45) is 7.87. The van der Waals surface area contributed by atoms with E-state index < -0.39 is 17.7 Å². The molecule has 3 N–H and O–H groups in total. The van der Waals surface area contributed by atoms with Crippen LogP contribution in [0.15, 0.2) is 72.9 Å². The number of fused-ring (bicyclic) bond motifs is 1. The first-order valence-electron chi connectivity index (χ1n) is 18.5. The number of aromatic nitrogens is 2. The number of hydrogen-bond donors (Lipinski definition) is 2. The van der Waals surface area contributed by atoms with Crippen molar-refractivity contribution >= 4 is 28.7 Å². The Morgan fingerprint density at radius 3 is 2.57 bits per heavy atom. The Morgan fingerprint density at radius 1 is 1.02 bits per heavy atom. The van der Waals surface area contributed by atoms with Gasteiger partial charge < -0.3 is 34.7 Å². The van der Waals surface area contributed by atoms with Crippen molar-refractivity contribution in [3.05, 3.63) is 84.2 Å². The van der Waals surface area contributed by atoms with Gasteiger partial charge in [0.05, 0.1) is 6.61 Å². The molecule has 2 fully saturated rings. The molecule has 2 saturated heterocycles. The second-order valence-electron chi connectivity index (χ2n) is 14.9. The van der Waals surface area contributed by atoms with E-state index in [1.807, 2.05) is 56.0 Å². The fraction of sp³-hybridized carbons (Fsp3) is 0.488. The average molecular weight is 696 g/mol. The van der Waals surface area contributed by atoms with Crippen molar-refractivity contribution in [3.63, 3.8) is 0 Å². The molecule has 0 spiro atoms. The summed E-state index contributed by atoms with van der Waals surface area (Å²) < 4.78 is 19.8. The summed E-state index contributed by atoms with van der Waals surface area (Å²) in [6, 6.07) is 22.2. The van der Waals surface area contributed by atoms with Gasteiger partial charge >= 0.3 is 6.09 Å². The molecular formula is C41H53N5O5. The minimum atomic E-state index is -0.651. The van der Waals surface area contributed by atoms with E-state index in [1.165, 1.54) is 16.6 Å². The molecule has 2 amide bonds. The Bertz CT molecular complexity index is 1740. The van der Waals surface area contributed by atoms with Crippen LogP contribution >= 0.6 is 0 Å². The zero-order valence-electron chi connectivity index (χ0n) is 30.3. The van der Waals surface area contributed by atoms with Crippen LogP contribution in [-0.2, 0) is 32.0 Å². The molecule has 2 aliphatic rings. The van der Waals surface area contributed by atoms with Gasteiger partial charge in [-0.15, -0.1) is 0 Å². The molecule has 4 heterocycles. The lowest BCUT2D eigenvalue weighted by atomic mass is 9.93. The first kappa shape index (κ1) is 36.4. The molecule has 2 aliphatic heterocycles. The number of ether oxygens (including phenoxy) is 3. The number of rotatable bonds is 12. The highest BCUT2D eigenvalue weighted by Gasteiger charge is 2.30. The van der Waals surface area contributed by atoms with Crippen LogP contribution in [-0.4, -0.2) is 70.7 Å². The van der Waals surface area contributed by atoms with Gasteiger partial charge in [0.15, 0.2) is 6.29 Å². The summed E-state index contributed by atoms with van der Waals surface area (Å²) in [5.41, 5.74) is 10.6. The Kier molecular flexibility index (Phi) is 11.9. The van der Waals surface area contributed by atoms with Crippen LogP contribution in [0.3, 0.4) is 0 Å². The van der Waals surface area contributed by atoms with Gasteiger partial charge in [-0.25, -0.2) is 9.78 Å². The Labute approximate surface area is 301 Å². The molecule has 2 unspecified atom stereocenters. The lowest BCUT2D eigenvalue weighted by Crippen LogP contribution is -2.46. The molecule has 2 aromatic heterocycles. The van der Waals surface area contributed by atoms with Crippen molar-refractivity contribution in [2.24, 2.45) is 0 Å². The van der Waals surface area contributed by atoms with E-state index in [2.05, 4.69) is 45.2 Å². The van der Waals surface area contributed by atoms with Gasteiger partial charge in [-0.05, 0) is 106 Å². The van der Waals surface area contributed by atoms with Crippen LogP contribution in [0.25, 0.3) is 22.0 Å². The molecule has 0 radical (unpaired) electrons. The Balaban J connectivity index is 1.13. The molecule has 0 aliphatic carbocycles. The monoisotopic (exact) mass is 695 g/mol. The number of piperidine rings is 1. The highest BCUT2D eigenvalue weighted by Crippen LogP contribution is 2.33. The van der Waals surface area contributed by atoms with Gasteiger partial charge in [-0.2, -0.15) is 0 Å². The van der Waals surface area contributed by atoms with Crippen LogP contribution in [0.5, 0.6) is 0 Å². The fourth-order valence-electron chi connectivity index (χ4n) is 7.23. The topological polar surface area (TPSA) is 121 Å². The van der Waals surface area contributed by atoms with Crippen molar-refractivity contribution < 1.29 is 23.8 Å². The third kappa shape index (κ3) is 10.1. The SMILES string of the molecule is CC(C)(C)OC(=O)N[C@@H](CC(=O)N1CCCC(c2cc3ccccc3n2CCCOC2CCCCO2)C1)Cc1ccc(-c2ccc(N)nc2)cc1. The third-order valence-corrected chi connectivity index (χ3v) is 9.70. The van der Waals surface area contributed by atoms with Crippen molar-refractivity contribution in [2.75, 3.05) is 32.0 Å². The predicted molar refractivity (Wildman–Crippen MR) is 200 cm³/mol. The van der Waals surface area contributed by atoms with Gasteiger partial charge in [0.2, 0.25) is 5.91 Å². The number of carbonyl (C=O) groups is 2. The number of nitrogens with zero attached hydrogens (tertiary/aromatic N) is 3. The number of benzene rings is 2. The molecule has 10 nitrogen and oxygen atoms in total. The van der Waals surface area contributed by atoms with E-state index >= 15 is 0 Å². The van der Waals surface area contributed by atoms with Gasteiger partial charge in [-0.3, -0.25) is 4.79 Å². The number of nitrogen functional groups attached to an aromatic ring is 1. The number of para-hydroxylation sites is 1. The quantitative estimate of drug-likeness (QED) is 0.148. The first-order chi connectivity index (χ1) is 24.6. The molecule has 6 rings (SSSR count). The van der Waals surface area contributed by atoms with Crippen LogP contribution < -0.4 is 11.1 Å². The van der Waals surface area contributed by atoms with E-state index in [1.54, 1.807) is 12.3 Å². The molecule has 2 aromatic carbocycles. The van der Waals surface area contributed by atoms with E-state index in [9.17, 15) is 9.59 Å². The smallest absolute Gasteiger partial charge is 0.407 e. The molecule has 0 bridgehead atoms. The van der Waals surface area contributed by atoms with Crippen molar-refractivity contribution in [3.8, 4) is 11.1 Å². The minimum absolute atomic E-state index is 0.0360. The van der Waals surface area contributed by atoms with Gasteiger partial charge in [0.1, 0.15) is 11.4 Å². The number of nitrogens with two attached hydrogens (primary N) is 1. The lowest BCUT2D eigenvalue weighted by Gasteiger charge is -2.34. The Morgan fingerprint density at radius 2 is 1.82 bits per heavy atom. The number of nitrogens with one attached hydrogen (secondary N) is 1. The van der Waals surface area contributed by atoms with Crippen LogP contribution in [0, 0.1) is 0 Å². The highest BCUT2D eigenvalue weighted by atomic mass is 16.7. The second-order valence-corrected chi connectivity index (χ2v) is 14.9. The number of anilines is 1. The number of carbonyl (C=O) groups excluding carboxylic acids is 2. The van der Waals surface area contributed by atoms with E-state index in [0.717, 1.165) is 68.4 Å². The second kappa shape index (κ2) is 16.7. The van der Waals surface area contributed by atoms with Gasteiger partial charge in [-0.1, -0.05) is 42.5 Å². The van der Waals surface area contributed by atoms with E-state index in [0.29, 0.717) is 31.9 Å². The average Bonchev–Trinajstić information content (AvgIpc) is 3.49. The zero-order chi connectivity index (χ0) is 35.8. The van der Waals surface area contributed by atoms with Crippen molar-refractivity contribution in [1.29, 1.82) is 0 Å². The largest absolute Gasteiger partial charge is 0.444 e. The summed E-state index contributed by atoms with van der Waals surface area (Å²) in [7, 11) is 0. The Hall–Kier alpha value is -4.41. The van der Waals surface area contributed by atoms with Crippen LogP contribution in [0.4, 0.5) is 10.6 Å². The number of alkyl carbamates (subject to hydrolysis) is 1. The van der Waals surface area contributed by atoms with Crippen LogP contribution in [0.2, 0.25) is 0 Å². The normalized spacial score (nSPS) is 18.8. The maximum Gasteiger partial charge on any atom is 0.407 e. The summed E-state index contributed by atoms with van der Waals surface area (Å²) in [6.45, 7) is 9.13. The van der Waals surface area contributed by atoms with Gasteiger partial charge in [0.25, 0.3) is 0 Å². The minimum Gasteiger partial charge on any atom is -0.444 e. The first-order valence-corrected chi connectivity index (χ1v) is 18.5. The number of hydrogen-bond acceptors (Lipinski definition) is 7. The highest BCUT2D eigenvalue weighted by molar-refractivity contribution is 5.82. The molecule has 4 aromatic rings. The predicted octanol–water partition coefficient (Wildman–Crippen LogP) is 7.45. The number of likely N-dealkylation sites (tertiary alicyclic amines) is 1. The maximum absolute atomic E-state index is 14.0.